The largest absolute Gasteiger partial charge is 0.351 e. The van der Waals surface area contributed by atoms with Crippen LogP contribution in [0.3, 0.4) is 0 Å². The number of nitrogens with zero attached hydrogens (tertiary/aromatic N) is 3. The second-order valence-electron chi connectivity index (χ2n) is 5.06. The Morgan fingerprint density at radius 2 is 2.16 bits per heavy atom. The van der Waals surface area contributed by atoms with Crippen LogP contribution in [-0.4, -0.2) is 29.5 Å². The van der Waals surface area contributed by atoms with Gasteiger partial charge in [0.2, 0.25) is 5.82 Å². The molecule has 0 aliphatic carbocycles. The summed E-state index contributed by atoms with van der Waals surface area (Å²) in [6.07, 6.45) is 3.10. The molecule has 0 spiro atoms. The molecule has 1 aromatic heterocycles. The van der Waals surface area contributed by atoms with Crippen LogP contribution in [0.2, 0.25) is 0 Å². The van der Waals surface area contributed by atoms with Crippen LogP contribution in [0.1, 0.15) is 25.0 Å². The second-order valence-corrected chi connectivity index (χ2v) is 5.06. The average molecular weight is 264 g/mol. The van der Waals surface area contributed by atoms with Gasteiger partial charge in [0, 0.05) is 24.8 Å². The van der Waals surface area contributed by atoms with Crippen molar-refractivity contribution in [3.05, 3.63) is 27.9 Å². The molecule has 0 atom stereocenters. The summed E-state index contributed by atoms with van der Waals surface area (Å²) in [7, 11) is 0. The van der Waals surface area contributed by atoms with Crippen molar-refractivity contribution >= 4 is 11.5 Å². The van der Waals surface area contributed by atoms with Crippen molar-refractivity contribution in [3.8, 4) is 0 Å². The Morgan fingerprint density at radius 3 is 2.74 bits per heavy atom. The van der Waals surface area contributed by atoms with Crippen LogP contribution in [-0.2, 0) is 0 Å². The standard InChI is InChI=1S/C13H20N4O2/c1-10-2-3-12(17(18)19)13(15-10)16-8-5-11(4-7-14)6-9-16/h2-3,11H,4-9,14H2,1H3. The lowest BCUT2D eigenvalue weighted by molar-refractivity contribution is -0.384. The molecule has 1 fully saturated rings. The number of anilines is 1. The molecule has 0 amide bonds. The summed E-state index contributed by atoms with van der Waals surface area (Å²) in [5.41, 5.74) is 6.48. The highest BCUT2D eigenvalue weighted by atomic mass is 16.6. The first-order valence-electron chi connectivity index (χ1n) is 6.69. The van der Waals surface area contributed by atoms with Crippen molar-refractivity contribution in [3.63, 3.8) is 0 Å². The Bertz CT molecular complexity index is 456. The van der Waals surface area contributed by atoms with Gasteiger partial charge in [-0.05, 0) is 44.7 Å². The zero-order valence-corrected chi connectivity index (χ0v) is 11.2. The molecule has 0 aromatic carbocycles. The molecule has 104 valence electrons. The first kappa shape index (κ1) is 13.7. The average Bonchev–Trinajstić information content (AvgIpc) is 2.39. The Hall–Kier alpha value is -1.69. The molecule has 0 bridgehead atoms. The molecule has 1 aromatic rings. The highest BCUT2D eigenvalue weighted by Crippen LogP contribution is 2.30. The first-order chi connectivity index (χ1) is 9.11. The molecule has 0 radical (unpaired) electrons. The molecule has 6 nitrogen and oxygen atoms in total. The van der Waals surface area contributed by atoms with Crippen molar-refractivity contribution in [2.75, 3.05) is 24.5 Å². The minimum absolute atomic E-state index is 0.0999. The Balaban J connectivity index is 2.14. The normalized spacial score (nSPS) is 16.6. The van der Waals surface area contributed by atoms with Gasteiger partial charge in [-0.2, -0.15) is 0 Å². The van der Waals surface area contributed by atoms with Gasteiger partial charge in [-0.25, -0.2) is 4.98 Å². The highest BCUT2D eigenvalue weighted by Gasteiger charge is 2.25. The number of piperidine rings is 1. The molecule has 1 aliphatic heterocycles. The topological polar surface area (TPSA) is 85.3 Å². The van der Waals surface area contributed by atoms with E-state index in [1.54, 1.807) is 12.1 Å². The fourth-order valence-corrected chi connectivity index (χ4v) is 2.58. The van der Waals surface area contributed by atoms with Crippen LogP contribution in [0.15, 0.2) is 12.1 Å². The van der Waals surface area contributed by atoms with E-state index in [4.69, 9.17) is 5.73 Å². The fourth-order valence-electron chi connectivity index (χ4n) is 2.58. The van der Waals surface area contributed by atoms with Crippen LogP contribution >= 0.6 is 0 Å². The van der Waals surface area contributed by atoms with Gasteiger partial charge in [0.15, 0.2) is 0 Å². The number of nitrogens with two attached hydrogens (primary N) is 1. The summed E-state index contributed by atoms with van der Waals surface area (Å²) in [4.78, 5) is 17.1. The number of hydrogen-bond donors (Lipinski definition) is 1. The maximum absolute atomic E-state index is 11.1. The molecular formula is C13H20N4O2. The molecule has 2 rings (SSSR count). The number of rotatable bonds is 4. The molecule has 1 aliphatic rings. The van der Waals surface area contributed by atoms with Gasteiger partial charge in [0.1, 0.15) is 0 Å². The third-order valence-electron chi connectivity index (χ3n) is 3.68. The molecule has 2 heterocycles. The molecule has 2 N–H and O–H groups in total. The van der Waals surface area contributed by atoms with E-state index in [1.807, 2.05) is 11.8 Å². The van der Waals surface area contributed by atoms with E-state index in [9.17, 15) is 10.1 Å². The van der Waals surface area contributed by atoms with E-state index in [2.05, 4.69) is 4.98 Å². The van der Waals surface area contributed by atoms with Crippen molar-refractivity contribution in [2.24, 2.45) is 11.7 Å². The Labute approximate surface area is 112 Å². The maximum atomic E-state index is 11.1. The number of aromatic nitrogens is 1. The molecule has 1 saturated heterocycles. The lowest BCUT2D eigenvalue weighted by Crippen LogP contribution is -2.35. The zero-order chi connectivity index (χ0) is 13.8. The van der Waals surface area contributed by atoms with Crippen molar-refractivity contribution in [1.29, 1.82) is 0 Å². The SMILES string of the molecule is Cc1ccc([N+](=O)[O-])c(N2CCC(CCN)CC2)n1. The van der Waals surface area contributed by atoms with E-state index in [0.29, 0.717) is 18.3 Å². The molecule has 0 unspecified atom stereocenters. The molecular weight excluding hydrogens is 244 g/mol. The van der Waals surface area contributed by atoms with Crippen LogP contribution in [0.4, 0.5) is 11.5 Å². The van der Waals surface area contributed by atoms with Gasteiger partial charge >= 0.3 is 5.69 Å². The lowest BCUT2D eigenvalue weighted by Gasteiger charge is -2.32. The van der Waals surface area contributed by atoms with E-state index in [1.165, 1.54) is 0 Å². The van der Waals surface area contributed by atoms with Gasteiger partial charge in [0.25, 0.3) is 0 Å². The van der Waals surface area contributed by atoms with Crippen LogP contribution in [0.5, 0.6) is 0 Å². The van der Waals surface area contributed by atoms with Gasteiger partial charge in [-0.15, -0.1) is 0 Å². The van der Waals surface area contributed by atoms with E-state index in [-0.39, 0.29) is 10.6 Å². The van der Waals surface area contributed by atoms with E-state index in [0.717, 1.165) is 38.0 Å². The van der Waals surface area contributed by atoms with Gasteiger partial charge in [-0.1, -0.05) is 0 Å². The molecule has 0 saturated carbocycles. The third-order valence-corrected chi connectivity index (χ3v) is 3.68. The smallest absolute Gasteiger partial charge is 0.311 e. The van der Waals surface area contributed by atoms with Crippen molar-refractivity contribution < 1.29 is 4.92 Å². The summed E-state index contributed by atoms with van der Waals surface area (Å²) in [6.45, 7) is 4.21. The van der Waals surface area contributed by atoms with E-state index >= 15 is 0 Å². The Kier molecular flexibility index (Phi) is 4.31. The first-order valence-corrected chi connectivity index (χ1v) is 6.69. The number of aryl methyl sites for hydroxylation is 1. The number of hydrogen-bond acceptors (Lipinski definition) is 5. The predicted octanol–water partition coefficient (Wildman–Crippen LogP) is 1.86. The minimum atomic E-state index is -0.353. The summed E-state index contributed by atoms with van der Waals surface area (Å²) >= 11 is 0. The third kappa shape index (κ3) is 3.20. The summed E-state index contributed by atoms with van der Waals surface area (Å²) < 4.78 is 0. The highest BCUT2D eigenvalue weighted by molar-refractivity contribution is 5.58. The Morgan fingerprint density at radius 1 is 1.47 bits per heavy atom. The van der Waals surface area contributed by atoms with Gasteiger partial charge in [0.05, 0.1) is 4.92 Å². The van der Waals surface area contributed by atoms with Crippen molar-refractivity contribution in [2.45, 2.75) is 26.2 Å². The monoisotopic (exact) mass is 264 g/mol. The van der Waals surface area contributed by atoms with Gasteiger partial charge in [-0.3, -0.25) is 10.1 Å². The van der Waals surface area contributed by atoms with Gasteiger partial charge < -0.3 is 10.6 Å². The summed E-state index contributed by atoms with van der Waals surface area (Å²) in [5.74, 6) is 1.15. The number of pyridine rings is 1. The quantitative estimate of drug-likeness (QED) is 0.662. The molecule has 6 heteroatoms. The molecule has 19 heavy (non-hydrogen) atoms. The zero-order valence-electron chi connectivity index (χ0n) is 11.2. The summed E-state index contributed by atoms with van der Waals surface area (Å²) in [6, 6.07) is 3.23. The maximum Gasteiger partial charge on any atom is 0.311 e. The second kappa shape index (κ2) is 5.97. The summed E-state index contributed by atoms with van der Waals surface area (Å²) in [5, 5.41) is 11.1. The van der Waals surface area contributed by atoms with Crippen LogP contribution < -0.4 is 10.6 Å². The minimum Gasteiger partial charge on any atom is -0.351 e. The van der Waals surface area contributed by atoms with Crippen LogP contribution in [0, 0.1) is 23.0 Å². The van der Waals surface area contributed by atoms with E-state index < -0.39 is 0 Å². The fraction of sp³-hybridized carbons (Fsp3) is 0.615. The van der Waals surface area contributed by atoms with Crippen molar-refractivity contribution in [1.82, 2.24) is 4.98 Å². The number of nitro groups is 1. The van der Waals surface area contributed by atoms with Crippen LogP contribution in [0.25, 0.3) is 0 Å². The lowest BCUT2D eigenvalue weighted by atomic mass is 9.93. The predicted molar refractivity (Wildman–Crippen MR) is 74.2 cm³/mol.